The first-order valence-corrected chi connectivity index (χ1v) is 6.80. The predicted molar refractivity (Wildman–Crippen MR) is 76.8 cm³/mol. The molecule has 0 aliphatic heterocycles. The first-order valence-electron chi connectivity index (χ1n) is 5.47. The Bertz CT molecular complexity index is 666. The number of nitro benzene ring substituents is 1. The monoisotopic (exact) mass is 359 g/mol. The van der Waals surface area contributed by atoms with Gasteiger partial charge < -0.3 is 4.74 Å². The number of nitro groups is 1. The van der Waals surface area contributed by atoms with Crippen molar-refractivity contribution in [1.82, 2.24) is 0 Å². The highest BCUT2D eigenvalue weighted by molar-refractivity contribution is 9.10. The smallest absolute Gasteiger partial charge is 0.311 e. The van der Waals surface area contributed by atoms with Gasteiger partial charge >= 0.3 is 5.69 Å². The van der Waals surface area contributed by atoms with Crippen LogP contribution in [0.5, 0.6) is 11.5 Å². The van der Waals surface area contributed by atoms with Gasteiger partial charge in [0.1, 0.15) is 11.6 Å². The molecule has 20 heavy (non-hydrogen) atoms. The van der Waals surface area contributed by atoms with Gasteiger partial charge in [-0.15, -0.1) is 11.6 Å². The highest BCUT2D eigenvalue weighted by Gasteiger charge is 2.17. The number of ether oxygens (including phenoxy) is 1. The molecule has 0 aliphatic carbocycles. The summed E-state index contributed by atoms with van der Waals surface area (Å²) in [6, 6.07) is 8.44. The van der Waals surface area contributed by atoms with Crippen molar-refractivity contribution < 1.29 is 14.1 Å². The van der Waals surface area contributed by atoms with Gasteiger partial charge in [-0.05, 0) is 45.8 Å². The Morgan fingerprint density at radius 3 is 2.65 bits per heavy atom. The molecule has 0 unspecified atom stereocenters. The third-order valence-electron chi connectivity index (χ3n) is 2.49. The van der Waals surface area contributed by atoms with Crippen molar-refractivity contribution in [1.29, 1.82) is 0 Å². The van der Waals surface area contributed by atoms with E-state index in [1.165, 1.54) is 30.3 Å². The van der Waals surface area contributed by atoms with Crippen molar-refractivity contribution in [3.8, 4) is 11.5 Å². The number of hydrogen-bond donors (Lipinski definition) is 0. The average molecular weight is 361 g/mol. The van der Waals surface area contributed by atoms with E-state index in [1.54, 1.807) is 6.07 Å². The molecule has 2 aromatic carbocycles. The van der Waals surface area contributed by atoms with E-state index < -0.39 is 10.7 Å². The molecule has 0 spiro atoms. The van der Waals surface area contributed by atoms with Gasteiger partial charge in [0.05, 0.1) is 9.40 Å². The minimum absolute atomic E-state index is 0.0716. The third-order valence-corrected chi connectivity index (χ3v) is 3.41. The lowest BCUT2D eigenvalue weighted by Gasteiger charge is -2.08. The molecule has 0 bridgehead atoms. The zero-order valence-electron chi connectivity index (χ0n) is 9.98. The Balaban J connectivity index is 2.37. The predicted octanol–water partition coefficient (Wildman–Crippen LogP) is 5.03. The summed E-state index contributed by atoms with van der Waals surface area (Å²) in [5, 5.41) is 11.0. The summed E-state index contributed by atoms with van der Waals surface area (Å²) in [6.45, 7) is 0. The summed E-state index contributed by atoms with van der Waals surface area (Å²) in [5.41, 5.74) is 0.426. The molecule has 0 fully saturated rings. The molecule has 0 aliphatic rings. The topological polar surface area (TPSA) is 52.4 Å². The second-order valence-corrected chi connectivity index (χ2v) is 4.99. The molecule has 0 N–H and O–H groups in total. The quantitative estimate of drug-likeness (QED) is 0.436. The molecule has 104 valence electrons. The molecule has 0 saturated heterocycles. The van der Waals surface area contributed by atoms with E-state index in [0.717, 1.165) is 0 Å². The number of nitrogens with zero attached hydrogens (tertiary/aromatic N) is 1. The summed E-state index contributed by atoms with van der Waals surface area (Å²) in [7, 11) is 0. The van der Waals surface area contributed by atoms with Crippen molar-refractivity contribution in [2.45, 2.75) is 5.88 Å². The van der Waals surface area contributed by atoms with Crippen LogP contribution < -0.4 is 4.74 Å². The Morgan fingerprint density at radius 1 is 1.30 bits per heavy atom. The lowest BCUT2D eigenvalue weighted by Crippen LogP contribution is -1.95. The van der Waals surface area contributed by atoms with E-state index in [2.05, 4.69) is 15.9 Å². The second-order valence-electron chi connectivity index (χ2n) is 3.87. The lowest BCUT2D eigenvalue weighted by atomic mass is 10.2. The van der Waals surface area contributed by atoms with Crippen molar-refractivity contribution in [2.24, 2.45) is 0 Å². The van der Waals surface area contributed by atoms with Crippen molar-refractivity contribution in [2.75, 3.05) is 0 Å². The largest absolute Gasteiger partial charge is 0.450 e. The van der Waals surface area contributed by atoms with E-state index in [0.29, 0.717) is 11.3 Å². The second kappa shape index (κ2) is 6.19. The number of alkyl halides is 1. The Morgan fingerprint density at radius 2 is 2.05 bits per heavy atom. The SMILES string of the molecule is O=[N+]([O-])c1cc(CCl)ccc1Oc1ccc(F)c(Br)c1. The first-order chi connectivity index (χ1) is 9.51. The van der Waals surface area contributed by atoms with Crippen LogP contribution in [0.4, 0.5) is 10.1 Å². The summed E-state index contributed by atoms with van der Waals surface area (Å²) in [5.74, 6) is 0.0927. The van der Waals surface area contributed by atoms with Gasteiger partial charge in [0, 0.05) is 11.9 Å². The van der Waals surface area contributed by atoms with Gasteiger partial charge in [-0.3, -0.25) is 10.1 Å². The maximum absolute atomic E-state index is 13.1. The van der Waals surface area contributed by atoms with Crippen molar-refractivity contribution in [3.63, 3.8) is 0 Å². The minimum atomic E-state index is -0.552. The number of hydrogen-bond acceptors (Lipinski definition) is 3. The number of halogens is 3. The minimum Gasteiger partial charge on any atom is -0.450 e. The molecule has 4 nitrogen and oxygen atoms in total. The zero-order valence-corrected chi connectivity index (χ0v) is 12.3. The van der Waals surface area contributed by atoms with Crippen LogP contribution in [0.2, 0.25) is 0 Å². The van der Waals surface area contributed by atoms with Gasteiger partial charge in [-0.25, -0.2) is 4.39 Å². The molecule has 0 aromatic heterocycles. The Labute approximate surface area is 127 Å². The molecule has 0 atom stereocenters. The molecule has 0 saturated carbocycles. The summed E-state index contributed by atoms with van der Waals surface area (Å²) < 4.78 is 18.8. The molecule has 7 heteroatoms. The van der Waals surface area contributed by atoms with Gasteiger partial charge in [0.25, 0.3) is 0 Å². The third kappa shape index (κ3) is 3.26. The molecular formula is C13H8BrClFNO3. The maximum atomic E-state index is 13.1. The highest BCUT2D eigenvalue weighted by atomic mass is 79.9. The number of rotatable bonds is 4. The normalized spacial score (nSPS) is 10.3. The van der Waals surface area contributed by atoms with Crippen molar-refractivity contribution in [3.05, 3.63) is 62.4 Å². The molecule has 0 amide bonds. The van der Waals surface area contributed by atoms with Gasteiger partial charge in [-0.1, -0.05) is 6.07 Å². The standard InChI is InChI=1S/C13H8BrClFNO3/c14-10-6-9(2-3-11(10)16)20-13-4-1-8(7-15)5-12(13)17(18)19/h1-6H,7H2. The fourth-order valence-corrected chi connectivity index (χ4v) is 2.07. The molecule has 2 rings (SSSR count). The van der Waals surface area contributed by atoms with E-state index in [4.69, 9.17) is 16.3 Å². The Hall–Kier alpha value is -1.66. The highest BCUT2D eigenvalue weighted by Crippen LogP contribution is 2.33. The van der Waals surface area contributed by atoms with Gasteiger partial charge in [0.15, 0.2) is 0 Å². The van der Waals surface area contributed by atoms with Crippen LogP contribution in [-0.4, -0.2) is 4.92 Å². The van der Waals surface area contributed by atoms with Gasteiger partial charge in [0.2, 0.25) is 5.75 Å². The van der Waals surface area contributed by atoms with Crippen LogP contribution in [0.1, 0.15) is 5.56 Å². The summed E-state index contributed by atoms with van der Waals surface area (Å²) in [4.78, 5) is 10.5. The fraction of sp³-hybridized carbons (Fsp3) is 0.0769. The summed E-state index contributed by atoms with van der Waals surface area (Å²) in [6.07, 6.45) is 0. The zero-order chi connectivity index (χ0) is 14.7. The molecule has 0 heterocycles. The molecule has 0 radical (unpaired) electrons. The fourth-order valence-electron chi connectivity index (χ4n) is 1.54. The van der Waals surface area contributed by atoms with E-state index in [1.807, 2.05) is 0 Å². The van der Waals surface area contributed by atoms with E-state index in [9.17, 15) is 14.5 Å². The molecule has 2 aromatic rings. The van der Waals surface area contributed by atoms with Crippen LogP contribution in [0.25, 0.3) is 0 Å². The van der Waals surface area contributed by atoms with E-state index in [-0.39, 0.29) is 21.8 Å². The first kappa shape index (κ1) is 14.7. The van der Waals surface area contributed by atoms with Crippen LogP contribution >= 0.6 is 27.5 Å². The van der Waals surface area contributed by atoms with Crippen LogP contribution in [0.3, 0.4) is 0 Å². The van der Waals surface area contributed by atoms with Crippen molar-refractivity contribution >= 4 is 33.2 Å². The molecular weight excluding hydrogens is 353 g/mol. The maximum Gasteiger partial charge on any atom is 0.311 e. The lowest BCUT2D eigenvalue weighted by molar-refractivity contribution is -0.385. The Kier molecular flexibility index (Phi) is 4.57. The van der Waals surface area contributed by atoms with E-state index >= 15 is 0 Å². The number of benzene rings is 2. The van der Waals surface area contributed by atoms with Gasteiger partial charge in [-0.2, -0.15) is 0 Å². The average Bonchev–Trinajstić information content (AvgIpc) is 2.43. The van der Waals surface area contributed by atoms with Crippen LogP contribution in [-0.2, 0) is 5.88 Å². The van der Waals surface area contributed by atoms with Crippen LogP contribution in [0, 0.1) is 15.9 Å². The van der Waals surface area contributed by atoms with Crippen LogP contribution in [0.15, 0.2) is 40.9 Å². The summed E-state index contributed by atoms with van der Waals surface area (Å²) >= 11 is 8.67.